The SMILES string of the molecule is CC/C=C\C[C@H](O)[C@@H](O)/C=C/[C@@H](O)CCCCCCCC(=O)OCC. The topological polar surface area (TPSA) is 87.0 Å². The van der Waals surface area contributed by atoms with Crippen molar-refractivity contribution in [2.24, 2.45) is 0 Å². The molecule has 5 nitrogen and oxygen atoms in total. The number of rotatable bonds is 15. The first-order valence-electron chi connectivity index (χ1n) is 9.54. The standard InChI is InChI=1S/C20H36O5/c1-3-5-9-13-18(22)19(23)16-15-17(21)12-10-7-6-8-11-14-20(24)25-4-2/h5,9,15-19,21-23H,3-4,6-8,10-14H2,1-2H3/b9-5-,16-15+/t17-,18-,19-/m0/s1. The zero-order valence-electron chi connectivity index (χ0n) is 15.8. The maximum atomic E-state index is 11.2. The second-order valence-electron chi connectivity index (χ2n) is 6.24. The molecule has 0 rings (SSSR count). The summed E-state index contributed by atoms with van der Waals surface area (Å²) in [5, 5.41) is 29.4. The van der Waals surface area contributed by atoms with E-state index in [1.807, 2.05) is 19.1 Å². The Morgan fingerprint density at radius 1 is 0.960 bits per heavy atom. The van der Waals surface area contributed by atoms with E-state index in [2.05, 4.69) is 0 Å². The van der Waals surface area contributed by atoms with Gasteiger partial charge < -0.3 is 20.1 Å². The van der Waals surface area contributed by atoms with Gasteiger partial charge in [0.2, 0.25) is 0 Å². The van der Waals surface area contributed by atoms with Gasteiger partial charge in [0, 0.05) is 6.42 Å². The van der Waals surface area contributed by atoms with Crippen LogP contribution >= 0.6 is 0 Å². The molecule has 146 valence electrons. The number of unbranched alkanes of at least 4 members (excludes halogenated alkanes) is 4. The molecule has 5 heteroatoms. The van der Waals surface area contributed by atoms with Crippen LogP contribution < -0.4 is 0 Å². The van der Waals surface area contributed by atoms with Crippen molar-refractivity contribution in [3.63, 3.8) is 0 Å². The van der Waals surface area contributed by atoms with E-state index in [1.165, 1.54) is 6.08 Å². The predicted molar refractivity (Wildman–Crippen MR) is 100 cm³/mol. The molecule has 3 atom stereocenters. The molecule has 0 unspecified atom stereocenters. The van der Waals surface area contributed by atoms with Gasteiger partial charge in [0.15, 0.2) is 0 Å². The van der Waals surface area contributed by atoms with Crippen LogP contribution in [0.3, 0.4) is 0 Å². The molecule has 3 N–H and O–H groups in total. The van der Waals surface area contributed by atoms with Crippen LogP contribution in [0.2, 0.25) is 0 Å². The fraction of sp³-hybridized carbons (Fsp3) is 0.750. The van der Waals surface area contributed by atoms with E-state index in [1.54, 1.807) is 13.0 Å². The molecular formula is C20H36O5. The van der Waals surface area contributed by atoms with Crippen molar-refractivity contribution >= 4 is 5.97 Å². The van der Waals surface area contributed by atoms with Gasteiger partial charge in [-0.1, -0.05) is 56.9 Å². The number of carbonyl (C=O) groups excluding carboxylic acids is 1. The molecule has 0 amide bonds. The summed E-state index contributed by atoms with van der Waals surface area (Å²) in [5.41, 5.74) is 0. The van der Waals surface area contributed by atoms with Crippen molar-refractivity contribution in [1.82, 2.24) is 0 Å². The number of aliphatic hydroxyl groups is 3. The van der Waals surface area contributed by atoms with E-state index >= 15 is 0 Å². The minimum absolute atomic E-state index is 0.131. The lowest BCUT2D eigenvalue weighted by Crippen LogP contribution is -2.23. The molecule has 25 heavy (non-hydrogen) atoms. The molecule has 0 aliphatic rings. The van der Waals surface area contributed by atoms with E-state index in [0.717, 1.165) is 38.5 Å². The van der Waals surface area contributed by atoms with Crippen LogP contribution in [0.1, 0.15) is 71.6 Å². The average molecular weight is 357 g/mol. The number of hydrogen-bond acceptors (Lipinski definition) is 5. The highest BCUT2D eigenvalue weighted by Gasteiger charge is 2.11. The first-order valence-corrected chi connectivity index (χ1v) is 9.54. The summed E-state index contributed by atoms with van der Waals surface area (Å²) in [7, 11) is 0. The van der Waals surface area contributed by atoms with E-state index in [0.29, 0.717) is 25.9 Å². The molecule has 0 aromatic heterocycles. The number of hydrogen-bond donors (Lipinski definition) is 3. The molecule has 0 aliphatic carbocycles. The summed E-state index contributed by atoms with van der Waals surface area (Å²) in [6.07, 6.45) is 11.6. The van der Waals surface area contributed by atoms with Crippen LogP contribution in [-0.2, 0) is 9.53 Å². The van der Waals surface area contributed by atoms with Crippen LogP contribution in [0.15, 0.2) is 24.3 Å². The fourth-order valence-corrected chi connectivity index (χ4v) is 2.39. The van der Waals surface area contributed by atoms with Gasteiger partial charge >= 0.3 is 5.97 Å². The Balaban J connectivity index is 3.70. The van der Waals surface area contributed by atoms with Crippen LogP contribution in [0.25, 0.3) is 0 Å². The van der Waals surface area contributed by atoms with Gasteiger partial charge in [-0.05, 0) is 32.6 Å². The maximum absolute atomic E-state index is 11.2. The number of aliphatic hydroxyl groups excluding tert-OH is 3. The third kappa shape index (κ3) is 14.8. The first kappa shape index (κ1) is 23.8. The Morgan fingerprint density at radius 2 is 1.64 bits per heavy atom. The van der Waals surface area contributed by atoms with E-state index in [-0.39, 0.29) is 5.97 Å². The number of carbonyl (C=O) groups is 1. The highest BCUT2D eigenvalue weighted by Crippen LogP contribution is 2.11. The van der Waals surface area contributed by atoms with Gasteiger partial charge in [-0.15, -0.1) is 0 Å². The Hall–Kier alpha value is -1.17. The molecular weight excluding hydrogens is 320 g/mol. The summed E-state index contributed by atoms with van der Waals surface area (Å²) < 4.78 is 4.87. The molecule has 0 saturated carbocycles. The third-order valence-corrected chi connectivity index (χ3v) is 3.89. The summed E-state index contributed by atoms with van der Waals surface area (Å²) in [4.78, 5) is 11.2. The lowest BCUT2D eigenvalue weighted by Gasteiger charge is -2.13. The van der Waals surface area contributed by atoms with Crippen molar-refractivity contribution in [3.8, 4) is 0 Å². The smallest absolute Gasteiger partial charge is 0.305 e. The van der Waals surface area contributed by atoms with Gasteiger partial charge in [-0.2, -0.15) is 0 Å². The van der Waals surface area contributed by atoms with Gasteiger partial charge in [-0.3, -0.25) is 4.79 Å². The molecule has 0 saturated heterocycles. The van der Waals surface area contributed by atoms with E-state index in [9.17, 15) is 20.1 Å². The molecule has 0 fully saturated rings. The molecule has 0 aromatic rings. The molecule has 0 aromatic carbocycles. The maximum Gasteiger partial charge on any atom is 0.305 e. The lowest BCUT2D eigenvalue weighted by atomic mass is 10.0. The second-order valence-corrected chi connectivity index (χ2v) is 6.24. The number of ether oxygens (including phenoxy) is 1. The molecule has 0 aliphatic heterocycles. The minimum Gasteiger partial charge on any atom is -0.466 e. The van der Waals surface area contributed by atoms with Gasteiger partial charge in [0.05, 0.1) is 24.9 Å². The Labute approximate surface area is 152 Å². The van der Waals surface area contributed by atoms with Crippen LogP contribution in [0, 0.1) is 0 Å². The molecule has 0 radical (unpaired) electrons. The predicted octanol–water partition coefficient (Wildman–Crippen LogP) is 3.28. The summed E-state index contributed by atoms with van der Waals surface area (Å²) in [5.74, 6) is -0.131. The largest absolute Gasteiger partial charge is 0.466 e. The highest BCUT2D eigenvalue weighted by atomic mass is 16.5. The van der Waals surface area contributed by atoms with Gasteiger partial charge in [0.25, 0.3) is 0 Å². The molecule has 0 heterocycles. The van der Waals surface area contributed by atoms with Gasteiger partial charge in [0.1, 0.15) is 0 Å². The summed E-state index contributed by atoms with van der Waals surface area (Å²) in [6.45, 7) is 4.25. The van der Waals surface area contributed by atoms with Crippen molar-refractivity contribution < 1.29 is 24.9 Å². The lowest BCUT2D eigenvalue weighted by molar-refractivity contribution is -0.143. The summed E-state index contributed by atoms with van der Waals surface area (Å²) >= 11 is 0. The van der Waals surface area contributed by atoms with Crippen LogP contribution in [-0.4, -0.2) is 46.2 Å². The molecule has 0 bridgehead atoms. The fourth-order valence-electron chi connectivity index (χ4n) is 2.39. The van der Waals surface area contributed by atoms with E-state index < -0.39 is 18.3 Å². The van der Waals surface area contributed by atoms with Crippen LogP contribution in [0.4, 0.5) is 0 Å². The second kappa shape index (κ2) is 16.3. The van der Waals surface area contributed by atoms with E-state index in [4.69, 9.17) is 4.74 Å². The summed E-state index contributed by atoms with van der Waals surface area (Å²) in [6, 6.07) is 0. The van der Waals surface area contributed by atoms with Crippen molar-refractivity contribution in [2.75, 3.05) is 6.61 Å². The Morgan fingerprint density at radius 3 is 2.32 bits per heavy atom. The van der Waals surface area contributed by atoms with Crippen molar-refractivity contribution in [2.45, 2.75) is 89.9 Å². The zero-order valence-corrected chi connectivity index (χ0v) is 15.8. The zero-order chi connectivity index (χ0) is 18.9. The molecule has 0 spiro atoms. The first-order chi connectivity index (χ1) is 12.0. The van der Waals surface area contributed by atoms with Gasteiger partial charge in [-0.25, -0.2) is 0 Å². The van der Waals surface area contributed by atoms with Crippen molar-refractivity contribution in [1.29, 1.82) is 0 Å². The number of allylic oxidation sites excluding steroid dienone is 1. The average Bonchev–Trinajstić information content (AvgIpc) is 2.59. The van der Waals surface area contributed by atoms with Crippen molar-refractivity contribution in [3.05, 3.63) is 24.3 Å². The third-order valence-electron chi connectivity index (χ3n) is 3.89. The Bertz CT molecular complexity index is 378. The quantitative estimate of drug-likeness (QED) is 0.238. The highest BCUT2D eigenvalue weighted by molar-refractivity contribution is 5.69. The normalized spacial score (nSPS) is 15.6. The Kier molecular flexibility index (Phi) is 15.5. The number of esters is 1. The van der Waals surface area contributed by atoms with Crippen LogP contribution in [0.5, 0.6) is 0 Å². The minimum atomic E-state index is -0.959. The monoisotopic (exact) mass is 356 g/mol.